The van der Waals surface area contributed by atoms with Crippen LogP contribution in [0.25, 0.3) is 11.3 Å². The Labute approximate surface area is 150 Å². The van der Waals surface area contributed by atoms with Crippen LogP contribution in [0.15, 0.2) is 57.9 Å². The Hall–Kier alpha value is -2.85. The molecule has 1 heterocycles. The molecule has 0 unspecified atom stereocenters. The van der Waals surface area contributed by atoms with Crippen molar-refractivity contribution in [2.45, 2.75) is 13.8 Å². The first-order valence-corrected chi connectivity index (χ1v) is 8.06. The first-order chi connectivity index (χ1) is 11.9. The van der Waals surface area contributed by atoms with Crippen molar-refractivity contribution in [2.75, 3.05) is 0 Å². The van der Waals surface area contributed by atoms with Gasteiger partial charge in [0.05, 0.1) is 17.5 Å². The zero-order valence-electron chi connectivity index (χ0n) is 13.8. The standard InChI is InChI=1S/C20H16ClNO3/c1-12-3-5-14(9-17(12)20(23)24)19-8-7-16(25-19)11-22-15-6-4-13(2)18(21)10-15/h3-11H,1-2H3,(H,23,24). The van der Waals surface area contributed by atoms with Crippen LogP contribution in [0.4, 0.5) is 5.69 Å². The number of furan rings is 1. The topological polar surface area (TPSA) is 62.8 Å². The molecule has 126 valence electrons. The molecule has 3 aromatic rings. The first kappa shape index (κ1) is 17.0. The lowest BCUT2D eigenvalue weighted by Crippen LogP contribution is -1.99. The number of aliphatic imine (C=N–C) groups is 1. The van der Waals surface area contributed by atoms with Gasteiger partial charge in [-0.05, 0) is 55.3 Å². The summed E-state index contributed by atoms with van der Waals surface area (Å²) in [5.41, 5.74) is 3.41. The molecule has 0 spiro atoms. The van der Waals surface area contributed by atoms with Gasteiger partial charge in [-0.2, -0.15) is 0 Å². The van der Waals surface area contributed by atoms with Crippen molar-refractivity contribution in [1.82, 2.24) is 0 Å². The summed E-state index contributed by atoms with van der Waals surface area (Å²) in [6.45, 7) is 3.70. The van der Waals surface area contributed by atoms with E-state index in [2.05, 4.69) is 4.99 Å². The smallest absolute Gasteiger partial charge is 0.335 e. The van der Waals surface area contributed by atoms with Crippen LogP contribution in [0.3, 0.4) is 0 Å². The third-order valence-electron chi connectivity index (χ3n) is 3.88. The van der Waals surface area contributed by atoms with Crippen LogP contribution in [0.2, 0.25) is 5.02 Å². The molecule has 0 fully saturated rings. The molecule has 0 radical (unpaired) electrons. The minimum Gasteiger partial charge on any atom is -0.478 e. The Morgan fingerprint density at radius 2 is 1.84 bits per heavy atom. The summed E-state index contributed by atoms with van der Waals surface area (Å²) in [5.74, 6) is 0.207. The van der Waals surface area contributed by atoms with Gasteiger partial charge >= 0.3 is 5.97 Å². The number of carboxylic acid groups (broad SMARTS) is 1. The zero-order valence-corrected chi connectivity index (χ0v) is 14.5. The highest BCUT2D eigenvalue weighted by Gasteiger charge is 2.11. The Balaban J connectivity index is 1.85. The fourth-order valence-corrected chi connectivity index (χ4v) is 2.56. The number of hydrogen-bond donors (Lipinski definition) is 1. The van der Waals surface area contributed by atoms with E-state index in [1.165, 1.54) is 0 Å². The number of hydrogen-bond acceptors (Lipinski definition) is 3. The van der Waals surface area contributed by atoms with Crippen LogP contribution in [-0.4, -0.2) is 17.3 Å². The van der Waals surface area contributed by atoms with Gasteiger partial charge in [-0.15, -0.1) is 0 Å². The van der Waals surface area contributed by atoms with Crippen molar-refractivity contribution < 1.29 is 14.3 Å². The molecule has 0 amide bonds. The molecule has 0 atom stereocenters. The lowest BCUT2D eigenvalue weighted by molar-refractivity contribution is 0.0696. The van der Waals surface area contributed by atoms with E-state index in [0.717, 1.165) is 11.3 Å². The lowest BCUT2D eigenvalue weighted by Gasteiger charge is -2.03. The second-order valence-corrected chi connectivity index (χ2v) is 6.14. The van der Waals surface area contributed by atoms with E-state index in [9.17, 15) is 9.90 Å². The van der Waals surface area contributed by atoms with Crippen molar-refractivity contribution in [3.05, 3.63) is 76.0 Å². The fraction of sp³-hybridized carbons (Fsp3) is 0.100. The van der Waals surface area contributed by atoms with Gasteiger partial charge in [0, 0.05) is 10.6 Å². The number of carbonyl (C=O) groups is 1. The number of rotatable bonds is 4. The van der Waals surface area contributed by atoms with Crippen molar-refractivity contribution in [3.8, 4) is 11.3 Å². The monoisotopic (exact) mass is 353 g/mol. The number of nitrogens with zero attached hydrogens (tertiary/aromatic N) is 1. The van der Waals surface area contributed by atoms with Crippen LogP contribution in [0, 0.1) is 13.8 Å². The molecule has 0 aliphatic rings. The van der Waals surface area contributed by atoms with Crippen LogP contribution >= 0.6 is 11.6 Å². The van der Waals surface area contributed by atoms with Gasteiger partial charge < -0.3 is 9.52 Å². The van der Waals surface area contributed by atoms with Crippen molar-refractivity contribution in [1.29, 1.82) is 0 Å². The van der Waals surface area contributed by atoms with Gasteiger partial charge in [0.25, 0.3) is 0 Å². The summed E-state index contributed by atoms with van der Waals surface area (Å²) >= 11 is 6.09. The predicted octanol–water partition coefficient (Wildman–Crippen LogP) is 5.67. The molecule has 5 heteroatoms. The summed E-state index contributed by atoms with van der Waals surface area (Å²) in [4.78, 5) is 15.6. The normalized spacial score (nSPS) is 11.2. The third-order valence-corrected chi connectivity index (χ3v) is 4.28. The average Bonchev–Trinajstić information content (AvgIpc) is 3.05. The minimum atomic E-state index is -0.955. The van der Waals surface area contributed by atoms with Gasteiger partial charge in [0.1, 0.15) is 11.5 Å². The minimum absolute atomic E-state index is 0.262. The zero-order chi connectivity index (χ0) is 18.0. The molecule has 1 N–H and O–H groups in total. The highest BCUT2D eigenvalue weighted by molar-refractivity contribution is 6.31. The van der Waals surface area contributed by atoms with Gasteiger partial charge in [0.15, 0.2) is 0 Å². The molecular weight excluding hydrogens is 338 g/mol. The molecular formula is C20H16ClNO3. The van der Waals surface area contributed by atoms with Crippen molar-refractivity contribution in [3.63, 3.8) is 0 Å². The highest BCUT2D eigenvalue weighted by Crippen LogP contribution is 2.25. The summed E-state index contributed by atoms with van der Waals surface area (Å²) in [5, 5.41) is 9.89. The Kier molecular flexibility index (Phi) is 4.72. The average molecular weight is 354 g/mol. The van der Waals surface area contributed by atoms with E-state index in [1.54, 1.807) is 43.5 Å². The van der Waals surface area contributed by atoms with Crippen LogP contribution in [0.1, 0.15) is 27.2 Å². The van der Waals surface area contributed by atoms with Gasteiger partial charge in [-0.25, -0.2) is 4.79 Å². The maximum Gasteiger partial charge on any atom is 0.335 e. The molecule has 0 aliphatic carbocycles. The molecule has 0 saturated heterocycles. The van der Waals surface area contributed by atoms with Crippen LogP contribution < -0.4 is 0 Å². The van der Waals surface area contributed by atoms with Gasteiger partial charge in [-0.1, -0.05) is 29.8 Å². The molecule has 0 saturated carbocycles. The molecule has 1 aromatic heterocycles. The second kappa shape index (κ2) is 6.95. The number of halogens is 1. The second-order valence-electron chi connectivity index (χ2n) is 5.73. The maximum absolute atomic E-state index is 11.3. The van der Waals surface area contributed by atoms with Crippen LogP contribution in [-0.2, 0) is 0 Å². The predicted molar refractivity (Wildman–Crippen MR) is 99.3 cm³/mol. The number of aromatic carboxylic acids is 1. The number of benzene rings is 2. The van der Waals surface area contributed by atoms with Crippen molar-refractivity contribution in [2.24, 2.45) is 4.99 Å². The van der Waals surface area contributed by atoms with E-state index >= 15 is 0 Å². The maximum atomic E-state index is 11.3. The largest absolute Gasteiger partial charge is 0.478 e. The molecule has 4 nitrogen and oxygen atoms in total. The number of aryl methyl sites for hydroxylation is 2. The quantitative estimate of drug-likeness (QED) is 0.615. The third kappa shape index (κ3) is 3.80. The van der Waals surface area contributed by atoms with Crippen molar-refractivity contribution >= 4 is 29.5 Å². The lowest BCUT2D eigenvalue weighted by atomic mass is 10.0. The summed E-state index contributed by atoms with van der Waals surface area (Å²) in [7, 11) is 0. The first-order valence-electron chi connectivity index (χ1n) is 7.68. The van der Waals surface area contributed by atoms with Crippen LogP contribution in [0.5, 0.6) is 0 Å². The van der Waals surface area contributed by atoms with E-state index in [0.29, 0.717) is 27.7 Å². The molecule has 0 bridgehead atoms. The molecule has 25 heavy (non-hydrogen) atoms. The van der Waals surface area contributed by atoms with Gasteiger partial charge in [-0.3, -0.25) is 4.99 Å². The number of carboxylic acids is 1. The summed E-state index contributed by atoms with van der Waals surface area (Å²) in [6.07, 6.45) is 1.61. The van der Waals surface area contributed by atoms with Gasteiger partial charge in [0.2, 0.25) is 0 Å². The van der Waals surface area contributed by atoms with E-state index in [4.69, 9.17) is 16.0 Å². The fourth-order valence-electron chi connectivity index (χ4n) is 2.38. The summed E-state index contributed by atoms with van der Waals surface area (Å²) in [6, 6.07) is 14.4. The SMILES string of the molecule is Cc1ccc(N=Cc2ccc(-c3ccc(C)c(C(=O)O)c3)o2)cc1Cl. The molecule has 2 aromatic carbocycles. The molecule has 3 rings (SSSR count). The Morgan fingerprint density at radius 3 is 2.56 bits per heavy atom. The Morgan fingerprint density at radius 1 is 1.08 bits per heavy atom. The Bertz CT molecular complexity index is 973. The highest BCUT2D eigenvalue weighted by atomic mass is 35.5. The molecule has 0 aliphatic heterocycles. The van der Waals surface area contributed by atoms with E-state index in [1.807, 2.05) is 25.1 Å². The van der Waals surface area contributed by atoms with E-state index < -0.39 is 5.97 Å². The summed E-state index contributed by atoms with van der Waals surface area (Å²) < 4.78 is 5.74. The van der Waals surface area contributed by atoms with E-state index in [-0.39, 0.29) is 5.56 Å².